The van der Waals surface area contributed by atoms with Gasteiger partial charge in [-0.3, -0.25) is 0 Å². The van der Waals surface area contributed by atoms with E-state index < -0.39 is 5.60 Å². The van der Waals surface area contributed by atoms with E-state index in [1.54, 1.807) is 6.20 Å². The summed E-state index contributed by atoms with van der Waals surface area (Å²) >= 11 is 0. The molecule has 0 unspecified atom stereocenters. The Kier molecular flexibility index (Phi) is 4.65. The summed E-state index contributed by atoms with van der Waals surface area (Å²) < 4.78 is 5.26. The van der Waals surface area contributed by atoms with E-state index >= 15 is 0 Å². The minimum atomic E-state index is -0.469. The smallest absolute Gasteiger partial charge is 0.407 e. The van der Waals surface area contributed by atoms with Crippen LogP contribution in [-0.4, -0.2) is 40.8 Å². The molecule has 1 aliphatic heterocycles. The first-order valence-electron chi connectivity index (χ1n) is 7.38. The molecule has 0 spiro atoms. The molecule has 1 aromatic heterocycles. The van der Waals surface area contributed by atoms with E-state index in [1.165, 1.54) is 0 Å². The summed E-state index contributed by atoms with van der Waals surface area (Å²) in [4.78, 5) is 22.5. The van der Waals surface area contributed by atoms with Gasteiger partial charge >= 0.3 is 6.09 Å². The van der Waals surface area contributed by atoms with Crippen molar-refractivity contribution in [2.75, 3.05) is 18.0 Å². The molecule has 0 aromatic carbocycles. The Bertz CT molecular complexity index is 499. The number of anilines is 1. The molecule has 1 atom stereocenters. The fourth-order valence-corrected chi connectivity index (χ4v) is 2.47. The molecular formula is C15H24N4O2. The summed E-state index contributed by atoms with van der Waals surface area (Å²) in [5.41, 5.74) is -0.469. The average Bonchev–Trinajstić information content (AvgIpc) is 2.82. The predicted molar refractivity (Wildman–Crippen MR) is 81.4 cm³/mol. The summed E-state index contributed by atoms with van der Waals surface area (Å²) in [6.07, 6.45) is 3.55. The van der Waals surface area contributed by atoms with Gasteiger partial charge in [-0.1, -0.05) is 0 Å². The average molecular weight is 292 g/mol. The van der Waals surface area contributed by atoms with Crippen LogP contribution in [0.2, 0.25) is 0 Å². The molecule has 1 N–H and O–H groups in total. The van der Waals surface area contributed by atoms with Gasteiger partial charge in [-0.2, -0.15) is 0 Å². The number of ether oxygens (including phenoxy) is 1. The summed E-state index contributed by atoms with van der Waals surface area (Å²) in [5.74, 6) is 1.69. The first-order chi connectivity index (χ1) is 9.85. The van der Waals surface area contributed by atoms with Crippen LogP contribution in [0.5, 0.6) is 0 Å². The Morgan fingerprint density at radius 2 is 2.29 bits per heavy atom. The highest BCUT2D eigenvalue weighted by Gasteiger charge is 2.27. The summed E-state index contributed by atoms with van der Waals surface area (Å²) in [5, 5.41) is 2.85. The molecule has 0 aliphatic carbocycles. The van der Waals surface area contributed by atoms with Gasteiger partial charge in [0.25, 0.3) is 0 Å². The lowest BCUT2D eigenvalue weighted by molar-refractivity contribution is 0.0525. The zero-order valence-electron chi connectivity index (χ0n) is 13.2. The number of rotatable bonds is 3. The zero-order valence-corrected chi connectivity index (χ0v) is 13.2. The number of amides is 1. The van der Waals surface area contributed by atoms with Crippen LogP contribution in [0.25, 0.3) is 0 Å². The molecule has 2 heterocycles. The minimum absolute atomic E-state index is 0.256. The molecule has 0 saturated carbocycles. The van der Waals surface area contributed by atoms with Crippen LogP contribution in [-0.2, 0) is 4.74 Å². The number of aromatic nitrogens is 2. The fraction of sp³-hybridized carbons (Fsp3) is 0.667. The second-order valence-electron chi connectivity index (χ2n) is 6.33. The molecule has 6 nitrogen and oxygen atoms in total. The number of aryl methyl sites for hydroxylation is 1. The number of carbonyl (C=O) groups excluding carboxylic acids is 1. The maximum Gasteiger partial charge on any atom is 0.407 e. The quantitative estimate of drug-likeness (QED) is 0.925. The third-order valence-electron chi connectivity index (χ3n) is 3.31. The molecule has 1 fully saturated rings. The molecule has 1 amide bonds. The molecule has 2 rings (SSSR count). The van der Waals surface area contributed by atoms with E-state index in [4.69, 9.17) is 4.74 Å². The molecule has 21 heavy (non-hydrogen) atoms. The zero-order chi connectivity index (χ0) is 15.5. The van der Waals surface area contributed by atoms with Gasteiger partial charge in [-0.15, -0.1) is 0 Å². The van der Waals surface area contributed by atoms with Gasteiger partial charge in [0.15, 0.2) is 0 Å². The van der Waals surface area contributed by atoms with Gasteiger partial charge in [0.05, 0.1) is 0 Å². The van der Waals surface area contributed by atoms with Gasteiger partial charge in [0.1, 0.15) is 17.2 Å². The van der Waals surface area contributed by atoms with Gasteiger partial charge in [0, 0.05) is 25.3 Å². The van der Waals surface area contributed by atoms with Crippen molar-refractivity contribution in [1.29, 1.82) is 0 Å². The summed E-state index contributed by atoms with van der Waals surface area (Å²) in [6, 6.07) is 2.17. The van der Waals surface area contributed by atoms with Crippen LogP contribution < -0.4 is 10.2 Å². The number of alkyl carbamates (subject to hydrolysis) is 1. The van der Waals surface area contributed by atoms with Crippen molar-refractivity contribution in [3.8, 4) is 0 Å². The molecule has 0 bridgehead atoms. The van der Waals surface area contributed by atoms with Crippen LogP contribution in [0.4, 0.5) is 10.6 Å². The second kappa shape index (κ2) is 6.28. The van der Waals surface area contributed by atoms with Crippen LogP contribution in [0.15, 0.2) is 12.3 Å². The number of hydrogen-bond acceptors (Lipinski definition) is 5. The standard InChI is InChI=1S/C15H24N4O2/c1-11-16-8-7-13(18-11)19-9-5-6-12(19)10-17-14(20)21-15(2,3)4/h7-8,12H,5-6,9-10H2,1-4H3,(H,17,20)/t12-/m1/s1. The van der Waals surface area contributed by atoms with Crippen LogP contribution in [0.3, 0.4) is 0 Å². The number of nitrogens with one attached hydrogen (secondary N) is 1. The van der Waals surface area contributed by atoms with E-state index in [0.29, 0.717) is 6.54 Å². The van der Waals surface area contributed by atoms with E-state index in [0.717, 1.165) is 31.0 Å². The highest BCUT2D eigenvalue weighted by atomic mass is 16.6. The molecule has 1 saturated heterocycles. The minimum Gasteiger partial charge on any atom is -0.444 e. The molecular weight excluding hydrogens is 268 g/mol. The van der Waals surface area contributed by atoms with E-state index in [9.17, 15) is 4.79 Å². The van der Waals surface area contributed by atoms with Gasteiger partial charge in [-0.25, -0.2) is 14.8 Å². The first kappa shape index (κ1) is 15.5. The Morgan fingerprint density at radius 1 is 1.52 bits per heavy atom. The number of carbonyl (C=O) groups is 1. The largest absolute Gasteiger partial charge is 0.444 e. The lowest BCUT2D eigenvalue weighted by Crippen LogP contribution is -2.42. The van der Waals surface area contributed by atoms with E-state index in [2.05, 4.69) is 20.2 Å². The van der Waals surface area contributed by atoms with Crippen molar-refractivity contribution in [2.45, 2.75) is 52.2 Å². The first-order valence-corrected chi connectivity index (χ1v) is 7.38. The van der Waals surface area contributed by atoms with E-state index in [1.807, 2.05) is 33.8 Å². The fourth-order valence-electron chi connectivity index (χ4n) is 2.47. The normalized spacial score (nSPS) is 18.7. The maximum absolute atomic E-state index is 11.7. The van der Waals surface area contributed by atoms with E-state index in [-0.39, 0.29) is 12.1 Å². The lowest BCUT2D eigenvalue weighted by atomic mass is 10.2. The van der Waals surface area contributed by atoms with Crippen molar-refractivity contribution >= 4 is 11.9 Å². The Hall–Kier alpha value is -1.85. The highest BCUT2D eigenvalue weighted by molar-refractivity contribution is 5.67. The molecule has 1 aliphatic rings. The van der Waals surface area contributed by atoms with Crippen LogP contribution in [0, 0.1) is 6.92 Å². The second-order valence-corrected chi connectivity index (χ2v) is 6.33. The topological polar surface area (TPSA) is 67.4 Å². The van der Waals surface area contributed by atoms with Crippen molar-refractivity contribution in [3.63, 3.8) is 0 Å². The van der Waals surface area contributed by atoms with Gasteiger partial charge in [0.2, 0.25) is 0 Å². The molecule has 1 aromatic rings. The number of hydrogen-bond donors (Lipinski definition) is 1. The van der Waals surface area contributed by atoms with Gasteiger partial charge in [-0.05, 0) is 46.6 Å². The third kappa shape index (κ3) is 4.58. The molecule has 0 radical (unpaired) electrons. The van der Waals surface area contributed by atoms with Crippen molar-refractivity contribution in [2.24, 2.45) is 0 Å². The Balaban J connectivity index is 1.92. The van der Waals surface area contributed by atoms with Crippen LogP contribution in [0.1, 0.15) is 39.4 Å². The highest BCUT2D eigenvalue weighted by Crippen LogP contribution is 2.23. The van der Waals surface area contributed by atoms with Crippen molar-refractivity contribution < 1.29 is 9.53 Å². The Morgan fingerprint density at radius 3 is 2.95 bits per heavy atom. The summed E-state index contributed by atoms with van der Waals surface area (Å²) in [7, 11) is 0. The number of nitrogens with zero attached hydrogens (tertiary/aromatic N) is 3. The lowest BCUT2D eigenvalue weighted by Gasteiger charge is -2.27. The van der Waals surface area contributed by atoms with Gasteiger partial charge < -0.3 is 15.0 Å². The Labute approximate surface area is 125 Å². The SMILES string of the molecule is Cc1nccc(N2CCC[C@@H]2CNC(=O)OC(C)(C)C)n1. The third-order valence-corrected chi connectivity index (χ3v) is 3.31. The molecule has 116 valence electrons. The summed E-state index contributed by atoms with van der Waals surface area (Å²) in [6.45, 7) is 8.98. The van der Waals surface area contributed by atoms with Crippen LogP contribution >= 0.6 is 0 Å². The predicted octanol–water partition coefficient (Wildman–Crippen LogP) is 2.28. The molecule has 6 heteroatoms. The maximum atomic E-state index is 11.7. The van der Waals surface area contributed by atoms with Crippen molar-refractivity contribution in [1.82, 2.24) is 15.3 Å². The monoisotopic (exact) mass is 292 g/mol. The van der Waals surface area contributed by atoms with Crippen molar-refractivity contribution in [3.05, 3.63) is 18.1 Å².